The van der Waals surface area contributed by atoms with E-state index in [1.165, 1.54) is 23.5 Å². The van der Waals surface area contributed by atoms with Gasteiger partial charge in [-0.3, -0.25) is 0 Å². The third-order valence-electron chi connectivity index (χ3n) is 2.06. The van der Waals surface area contributed by atoms with Gasteiger partial charge in [-0.2, -0.15) is 0 Å². The van der Waals surface area contributed by atoms with Crippen LogP contribution < -0.4 is 5.32 Å². The van der Waals surface area contributed by atoms with E-state index in [4.69, 9.17) is 0 Å². The first-order valence-corrected chi connectivity index (χ1v) is 5.62. The second-order valence-electron chi connectivity index (χ2n) is 3.12. The molecule has 2 nitrogen and oxygen atoms in total. The summed E-state index contributed by atoms with van der Waals surface area (Å²) in [6.45, 7) is 2.05. The number of benzene rings is 1. The molecule has 1 aromatic carbocycles. The zero-order valence-electron chi connectivity index (χ0n) is 8.33. The fourth-order valence-electron chi connectivity index (χ4n) is 1.32. The molecule has 78 valence electrons. The van der Waals surface area contributed by atoms with E-state index < -0.39 is 0 Å². The van der Waals surface area contributed by atoms with Crippen molar-refractivity contribution in [2.24, 2.45) is 0 Å². The van der Waals surface area contributed by atoms with Gasteiger partial charge in [0.1, 0.15) is 10.8 Å². The van der Waals surface area contributed by atoms with Crippen LogP contribution in [-0.2, 0) is 6.42 Å². The number of aryl methyl sites for hydroxylation is 1. The molecule has 1 aromatic heterocycles. The number of nitrogens with zero attached hydrogens (tertiary/aromatic N) is 1. The van der Waals surface area contributed by atoms with E-state index >= 15 is 0 Å². The van der Waals surface area contributed by atoms with Crippen LogP contribution in [0.4, 0.5) is 15.1 Å². The lowest BCUT2D eigenvalue weighted by Crippen LogP contribution is -1.92. The standard InChI is InChI=1S/C11H11FN2S/c1-2-10-11(15-7-13-10)14-9-5-3-4-8(12)6-9/h3-7,14H,2H2,1H3. The Morgan fingerprint density at radius 2 is 2.33 bits per heavy atom. The zero-order chi connectivity index (χ0) is 10.7. The lowest BCUT2D eigenvalue weighted by atomic mass is 10.3. The summed E-state index contributed by atoms with van der Waals surface area (Å²) in [6, 6.07) is 6.42. The van der Waals surface area contributed by atoms with Crippen molar-refractivity contribution < 1.29 is 4.39 Å². The third-order valence-corrected chi connectivity index (χ3v) is 2.84. The van der Waals surface area contributed by atoms with E-state index in [9.17, 15) is 4.39 Å². The molecule has 0 aliphatic heterocycles. The number of aromatic nitrogens is 1. The molecule has 0 aliphatic rings. The lowest BCUT2D eigenvalue weighted by Gasteiger charge is -2.04. The predicted molar refractivity (Wildman–Crippen MR) is 61.2 cm³/mol. The normalized spacial score (nSPS) is 10.3. The number of anilines is 2. The van der Waals surface area contributed by atoms with Gasteiger partial charge in [0.05, 0.1) is 11.2 Å². The second kappa shape index (κ2) is 4.40. The molecule has 0 atom stereocenters. The number of thiazole rings is 1. The Labute approximate surface area is 91.8 Å². The molecule has 1 heterocycles. The second-order valence-corrected chi connectivity index (χ2v) is 3.97. The van der Waals surface area contributed by atoms with Crippen LogP contribution >= 0.6 is 11.3 Å². The summed E-state index contributed by atoms with van der Waals surface area (Å²) >= 11 is 1.53. The Bertz CT molecular complexity index is 453. The average molecular weight is 222 g/mol. The third kappa shape index (κ3) is 2.33. The highest BCUT2D eigenvalue weighted by Gasteiger charge is 2.04. The molecule has 1 N–H and O–H groups in total. The van der Waals surface area contributed by atoms with Gasteiger partial charge in [-0.15, -0.1) is 11.3 Å². The molecule has 0 fully saturated rings. The Hall–Kier alpha value is -1.42. The molecule has 0 aliphatic carbocycles. The number of hydrogen-bond donors (Lipinski definition) is 1. The summed E-state index contributed by atoms with van der Waals surface area (Å²) in [7, 11) is 0. The molecule has 2 rings (SSSR count). The minimum Gasteiger partial charge on any atom is -0.346 e. The summed E-state index contributed by atoms with van der Waals surface area (Å²) < 4.78 is 12.9. The molecule has 2 aromatic rings. The molecule has 0 unspecified atom stereocenters. The van der Waals surface area contributed by atoms with Gasteiger partial charge >= 0.3 is 0 Å². The van der Waals surface area contributed by atoms with Gasteiger partial charge in [0.2, 0.25) is 0 Å². The van der Waals surface area contributed by atoms with E-state index in [-0.39, 0.29) is 5.82 Å². The van der Waals surface area contributed by atoms with Crippen LogP contribution in [0.1, 0.15) is 12.6 Å². The van der Waals surface area contributed by atoms with Crippen molar-refractivity contribution in [2.75, 3.05) is 5.32 Å². The van der Waals surface area contributed by atoms with Gasteiger partial charge < -0.3 is 5.32 Å². The molecule has 0 radical (unpaired) electrons. The first-order valence-electron chi connectivity index (χ1n) is 4.74. The number of rotatable bonds is 3. The Kier molecular flexibility index (Phi) is 2.97. The largest absolute Gasteiger partial charge is 0.346 e. The molecule has 0 saturated heterocycles. The van der Waals surface area contributed by atoms with E-state index in [2.05, 4.69) is 10.3 Å². The Morgan fingerprint density at radius 1 is 1.47 bits per heavy atom. The van der Waals surface area contributed by atoms with E-state index in [1.807, 2.05) is 13.0 Å². The van der Waals surface area contributed by atoms with Gasteiger partial charge in [0.15, 0.2) is 0 Å². The van der Waals surface area contributed by atoms with Crippen LogP contribution in [0.3, 0.4) is 0 Å². The zero-order valence-corrected chi connectivity index (χ0v) is 9.14. The van der Waals surface area contributed by atoms with Gasteiger partial charge in [0, 0.05) is 5.69 Å². The Morgan fingerprint density at radius 3 is 3.07 bits per heavy atom. The van der Waals surface area contributed by atoms with Crippen molar-refractivity contribution in [3.05, 3.63) is 41.3 Å². The molecule has 4 heteroatoms. The number of halogens is 1. The van der Waals surface area contributed by atoms with E-state index in [0.717, 1.165) is 22.8 Å². The molecule has 15 heavy (non-hydrogen) atoms. The summed E-state index contributed by atoms with van der Waals surface area (Å²) in [4.78, 5) is 4.22. The van der Waals surface area contributed by atoms with Crippen LogP contribution in [0.25, 0.3) is 0 Å². The van der Waals surface area contributed by atoms with Crippen molar-refractivity contribution in [3.8, 4) is 0 Å². The van der Waals surface area contributed by atoms with Gasteiger partial charge in [-0.1, -0.05) is 13.0 Å². The number of hydrogen-bond acceptors (Lipinski definition) is 3. The summed E-state index contributed by atoms with van der Waals surface area (Å²) in [5.74, 6) is -0.234. The topological polar surface area (TPSA) is 24.9 Å². The Balaban J connectivity index is 2.22. The first kappa shape index (κ1) is 10.1. The van der Waals surface area contributed by atoms with Crippen molar-refractivity contribution in [1.29, 1.82) is 0 Å². The van der Waals surface area contributed by atoms with Gasteiger partial charge in [-0.25, -0.2) is 9.37 Å². The fraction of sp³-hybridized carbons (Fsp3) is 0.182. The summed E-state index contributed by atoms with van der Waals surface area (Å²) in [5, 5.41) is 4.15. The first-order chi connectivity index (χ1) is 7.29. The van der Waals surface area contributed by atoms with Crippen molar-refractivity contribution in [3.63, 3.8) is 0 Å². The van der Waals surface area contributed by atoms with Crippen molar-refractivity contribution in [2.45, 2.75) is 13.3 Å². The monoisotopic (exact) mass is 222 g/mol. The maximum Gasteiger partial charge on any atom is 0.125 e. The maximum atomic E-state index is 12.9. The van der Waals surface area contributed by atoms with Crippen LogP contribution in [0.15, 0.2) is 29.8 Å². The van der Waals surface area contributed by atoms with Crippen molar-refractivity contribution in [1.82, 2.24) is 4.98 Å². The van der Waals surface area contributed by atoms with Crippen LogP contribution in [0.5, 0.6) is 0 Å². The van der Waals surface area contributed by atoms with E-state index in [0.29, 0.717) is 0 Å². The molecule has 0 amide bonds. The van der Waals surface area contributed by atoms with Gasteiger partial charge in [0.25, 0.3) is 0 Å². The van der Waals surface area contributed by atoms with E-state index in [1.54, 1.807) is 11.6 Å². The molecule has 0 spiro atoms. The van der Waals surface area contributed by atoms with Crippen molar-refractivity contribution >= 4 is 22.0 Å². The fourth-order valence-corrected chi connectivity index (χ4v) is 2.12. The average Bonchev–Trinajstić information content (AvgIpc) is 2.65. The van der Waals surface area contributed by atoms with Crippen LogP contribution in [0, 0.1) is 5.82 Å². The highest BCUT2D eigenvalue weighted by Crippen LogP contribution is 2.25. The van der Waals surface area contributed by atoms with Gasteiger partial charge in [-0.05, 0) is 24.6 Å². The minimum atomic E-state index is -0.234. The predicted octanol–water partition coefficient (Wildman–Crippen LogP) is 3.59. The molecular weight excluding hydrogens is 211 g/mol. The molecular formula is C11H11FN2S. The molecule has 0 saturated carbocycles. The quantitative estimate of drug-likeness (QED) is 0.858. The molecule has 0 bridgehead atoms. The lowest BCUT2D eigenvalue weighted by molar-refractivity contribution is 0.628. The highest BCUT2D eigenvalue weighted by molar-refractivity contribution is 7.14. The number of nitrogens with one attached hydrogen (secondary N) is 1. The smallest absolute Gasteiger partial charge is 0.125 e. The van der Waals surface area contributed by atoms with Crippen LogP contribution in [0.2, 0.25) is 0 Å². The summed E-state index contributed by atoms with van der Waals surface area (Å²) in [5.41, 5.74) is 3.57. The minimum absolute atomic E-state index is 0.234. The SMILES string of the molecule is CCc1ncsc1Nc1cccc(F)c1. The van der Waals surface area contributed by atoms with Crippen LogP contribution in [-0.4, -0.2) is 4.98 Å². The highest BCUT2D eigenvalue weighted by atomic mass is 32.1. The summed E-state index contributed by atoms with van der Waals surface area (Å²) in [6.07, 6.45) is 0.876. The maximum absolute atomic E-state index is 12.9.